The van der Waals surface area contributed by atoms with Crippen molar-refractivity contribution >= 4 is 35.0 Å². The van der Waals surface area contributed by atoms with Crippen molar-refractivity contribution in [2.45, 2.75) is 25.8 Å². The van der Waals surface area contributed by atoms with Crippen LogP contribution in [0.5, 0.6) is 0 Å². The van der Waals surface area contributed by atoms with Gasteiger partial charge in [0.1, 0.15) is 11.4 Å². The average molecular weight is 447 g/mol. The number of carbonyl (C=O) groups is 2. The Labute approximate surface area is 191 Å². The first-order valence-corrected chi connectivity index (χ1v) is 10.7. The van der Waals surface area contributed by atoms with E-state index in [0.717, 1.165) is 30.6 Å². The van der Waals surface area contributed by atoms with Crippen molar-refractivity contribution < 1.29 is 9.59 Å². The maximum atomic E-state index is 12.0. The molecular formula is C23H26N8O2. The standard InChI is InChI=1S/C23H26N8O2/c1-3-20(32)30-10-6-8-17(14-30)31-13-16(11-26-31)27-23-25-12-18(21(24)33)22(29-23)28-19-9-5-4-7-15(19)2/h3-5,7,9,11-13,17H,1,6,8,10,14H2,2H3,(H2,24,33)(H2,25,27,28,29)/t17-/m0/s1. The summed E-state index contributed by atoms with van der Waals surface area (Å²) in [6.45, 7) is 6.83. The Kier molecular flexibility index (Phi) is 6.34. The zero-order chi connectivity index (χ0) is 23.4. The predicted molar refractivity (Wildman–Crippen MR) is 126 cm³/mol. The van der Waals surface area contributed by atoms with E-state index in [1.807, 2.05) is 42.1 Å². The first kappa shape index (κ1) is 22.0. The van der Waals surface area contributed by atoms with Crippen LogP contribution in [-0.4, -0.2) is 49.6 Å². The number of hydrogen-bond donors (Lipinski definition) is 3. The number of amides is 2. The highest BCUT2D eigenvalue weighted by molar-refractivity contribution is 5.98. The molecule has 3 aromatic rings. The number of aromatic nitrogens is 4. The molecule has 4 N–H and O–H groups in total. The maximum absolute atomic E-state index is 12.0. The number of carbonyl (C=O) groups excluding carboxylic acids is 2. The van der Waals surface area contributed by atoms with Gasteiger partial charge in [-0.25, -0.2) is 4.98 Å². The van der Waals surface area contributed by atoms with E-state index in [9.17, 15) is 9.59 Å². The second-order valence-electron chi connectivity index (χ2n) is 7.88. The first-order chi connectivity index (χ1) is 15.9. The fourth-order valence-electron chi connectivity index (χ4n) is 3.79. The number of piperidine rings is 1. The molecule has 0 saturated carbocycles. The lowest BCUT2D eigenvalue weighted by Crippen LogP contribution is -2.39. The summed E-state index contributed by atoms with van der Waals surface area (Å²) in [4.78, 5) is 34.3. The zero-order valence-electron chi connectivity index (χ0n) is 18.4. The van der Waals surface area contributed by atoms with Crippen LogP contribution < -0.4 is 16.4 Å². The van der Waals surface area contributed by atoms with Crippen molar-refractivity contribution in [3.05, 3.63) is 66.6 Å². The molecule has 0 aliphatic carbocycles. The molecule has 10 nitrogen and oxygen atoms in total. The average Bonchev–Trinajstić information content (AvgIpc) is 3.28. The summed E-state index contributed by atoms with van der Waals surface area (Å²) in [5, 5.41) is 10.7. The Morgan fingerprint density at radius 3 is 2.82 bits per heavy atom. The minimum Gasteiger partial charge on any atom is -0.365 e. The number of nitrogens with one attached hydrogen (secondary N) is 2. The minimum absolute atomic E-state index is 0.0678. The Morgan fingerprint density at radius 2 is 2.06 bits per heavy atom. The van der Waals surface area contributed by atoms with Crippen LogP contribution in [-0.2, 0) is 4.79 Å². The normalized spacial score (nSPS) is 15.7. The number of anilines is 4. The van der Waals surface area contributed by atoms with Crippen LogP contribution in [0.25, 0.3) is 0 Å². The predicted octanol–water partition coefficient (Wildman–Crippen LogP) is 2.92. The van der Waals surface area contributed by atoms with Crippen molar-refractivity contribution in [1.82, 2.24) is 24.6 Å². The van der Waals surface area contributed by atoms with Gasteiger partial charge in [0.25, 0.3) is 5.91 Å². The molecule has 1 saturated heterocycles. The first-order valence-electron chi connectivity index (χ1n) is 10.7. The van der Waals surface area contributed by atoms with E-state index in [1.54, 1.807) is 11.1 Å². The fourth-order valence-corrected chi connectivity index (χ4v) is 3.79. The van der Waals surface area contributed by atoms with Crippen molar-refractivity contribution in [1.29, 1.82) is 0 Å². The van der Waals surface area contributed by atoms with Crippen LogP contribution in [0.4, 0.5) is 23.1 Å². The summed E-state index contributed by atoms with van der Waals surface area (Å²) in [6.07, 6.45) is 8.09. The van der Waals surface area contributed by atoms with Gasteiger partial charge in [-0.05, 0) is 37.5 Å². The molecule has 10 heteroatoms. The molecule has 4 rings (SSSR count). The maximum Gasteiger partial charge on any atom is 0.254 e. The third-order valence-electron chi connectivity index (χ3n) is 5.57. The minimum atomic E-state index is -0.624. The van der Waals surface area contributed by atoms with Gasteiger partial charge < -0.3 is 21.3 Å². The highest BCUT2D eigenvalue weighted by atomic mass is 16.2. The Morgan fingerprint density at radius 1 is 1.24 bits per heavy atom. The Hall–Kier alpha value is -4.21. The van der Waals surface area contributed by atoms with Gasteiger partial charge in [0, 0.05) is 31.2 Å². The topological polar surface area (TPSA) is 131 Å². The summed E-state index contributed by atoms with van der Waals surface area (Å²) in [7, 11) is 0. The number of hydrogen-bond acceptors (Lipinski definition) is 7. The summed E-state index contributed by atoms with van der Waals surface area (Å²) >= 11 is 0. The Bertz CT molecular complexity index is 1190. The molecule has 1 aromatic carbocycles. The summed E-state index contributed by atoms with van der Waals surface area (Å²) < 4.78 is 1.84. The fraction of sp³-hybridized carbons (Fsp3) is 0.261. The van der Waals surface area contributed by atoms with Gasteiger partial charge >= 0.3 is 0 Å². The molecule has 2 amide bonds. The van der Waals surface area contributed by atoms with Crippen molar-refractivity contribution in [3.63, 3.8) is 0 Å². The third-order valence-corrected chi connectivity index (χ3v) is 5.57. The summed E-state index contributed by atoms with van der Waals surface area (Å²) in [6, 6.07) is 7.75. The highest BCUT2D eigenvalue weighted by Gasteiger charge is 2.24. The van der Waals surface area contributed by atoms with E-state index < -0.39 is 5.91 Å². The lowest BCUT2D eigenvalue weighted by molar-refractivity contribution is -0.127. The van der Waals surface area contributed by atoms with Crippen LogP contribution >= 0.6 is 0 Å². The van der Waals surface area contributed by atoms with Crippen molar-refractivity contribution in [2.24, 2.45) is 5.73 Å². The molecule has 0 unspecified atom stereocenters. The van der Waals surface area contributed by atoms with Crippen LogP contribution in [0.2, 0.25) is 0 Å². The van der Waals surface area contributed by atoms with Crippen molar-refractivity contribution in [3.8, 4) is 0 Å². The number of nitrogens with two attached hydrogens (primary N) is 1. The number of aryl methyl sites for hydroxylation is 1. The molecule has 170 valence electrons. The van der Waals surface area contributed by atoms with Gasteiger partial charge in [0.2, 0.25) is 11.9 Å². The van der Waals surface area contributed by atoms with Gasteiger partial charge in [-0.2, -0.15) is 10.1 Å². The molecule has 1 aliphatic heterocycles. The van der Waals surface area contributed by atoms with Crippen LogP contribution in [0.1, 0.15) is 34.8 Å². The van der Waals surface area contributed by atoms with E-state index in [2.05, 4.69) is 32.3 Å². The summed E-state index contributed by atoms with van der Waals surface area (Å²) in [5.74, 6) is -0.0847. The number of benzene rings is 1. The molecule has 0 radical (unpaired) electrons. The summed E-state index contributed by atoms with van der Waals surface area (Å²) in [5.41, 5.74) is 8.20. The molecule has 33 heavy (non-hydrogen) atoms. The van der Waals surface area contributed by atoms with E-state index in [0.29, 0.717) is 24.0 Å². The number of nitrogens with zero attached hydrogens (tertiary/aromatic N) is 5. The number of para-hydroxylation sites is 1. The molecule has 1 aliphatic rings. The van der Waals surface area contributed by atoms with Crippen LogP contribution in [0, 0.1) is 6.92 Å². The van der Waals surface area contributed by atoms with Gasteiger partial charge in [-0.15, -0.1) is 0 Å². The molecule has 0 bridgehead atoms. The molecule has 1 atom stereocenters. The van der Waals surface area contributed by atoms with Gasteiger partial charge in [0.15, 0.2) is 0 Å². The molecular weight excluding hydrogens is 420 g/mol. The van der Waals surface area contributed by atoms with E-state index in [1.165, 1.54) is 12.3 Å². The SMILES string of the molecule is C=CC(=O)N1CCC[C@H](n2cc(Nc3ncc(C(N)=O)c(Nc4ccccc4C)n3)cn2)C1. The molecule has 2 aromatic heterocycles. The quantitative estimate of drug-likeness (QED) is 0.476. The smallest absolute Gasteiger partial charge is 0.254 e. The zero-order valence-corrected chi connectivity index (χ0v) is 18.4. The van der Waals surface area contributed by atoms with Crippen LogP contribution in [0.3, 0.4) is 0 Å². The Balaban J connectivity index is 1.52. The number of primary amides is 1. The second kappa shape index (κ2) is 9.51. The van der Waals surface area contributed by atoms with E-state index in [4.69, 9.17) is 5.73 Å². The monoisotopic (exact) mass is 446 g/mol. The van der Waals surface area contributed by atoms with E-state index >= 15 is 0 Å². The number of likely N-dealkylation sites (tertiary alicyclic amines) is 1. The third kappa shape index (κ3) is 5.00. The lowest BCUT2D eigenvalue weighted by atomic mass is 10.1. The lowest BCUT2D eigenvalue weighted by Gasteiger charge is -2.32. The molecule has 0 spiro atoms. The number of rotatable bonds is 7. The van der Waals surface area contributed by atoms with Gasteiger partial charge in [-0.1, -0.05) is 24.8 Å². The van der Waals surface area contributed by atoms with Crippen molar-refractivity contribution in [2.75, 3.05) is 23.7 Å². The molecule has 3 heterocycles. The van der Waals surface area contributed by atoms with Gasteiger partial charge in [0.05, 0.1) is 17.9 Å². The highest BCUT2D eigenvalue weighted by Crippen LogP contribution is 2.25. The van der Waals surface area contributed by atoms with E-state index in [-0.39, 0.29) is 17.5 Å². The second-order valence-corrected chi connectivity index (χ2v) is 7.88. The van der Waals surface area contributed by atoms with Gasteiger partial charge in [-0.3, -0.25) is 14.3 Å². The van der Waals surface area contributed by atoms with Crippen LogP contribution in [0.15, 0.2) is 55.5 Å². The largest absolute Gasteiger partial charge is 0.365 e. The molecule has 1 fully saturated rings.